The number of nitrogens with one attached hydrogen (secondary N) is 3. The van der Waals surface area contributed by atoms with E-state index in [2.05, 4.69) is 41.3 Å². The van der Waals surface area contributed by atoms with Gasteiger partial charge in [-0.1, -0.05) is 5.16 Å². The number of thiazole rings is 1. The first kappa shape index (κ1) is 32.0. The first-order valence-electron chi connectivity index (χ1n) is 13.8. The number of amides is 2. The number of rotatable bonds is 13. The van der Waals surface area contributed by atoms with Crippen molar-refractivity contribution in [3.8, 4) is 0 Å². The molecular weight excluding hydrogens is 636 g/mol. The molecule has 1 aliphatic carbocycles. The van der Waals surface area contributed by atoms with Crippen LogP contribution < -0.4 is 27.4 Å². The number of nitrogens with zero attached hydrogens (tertiary/aromatic N) is 7. The lowest BCUT2D eigenvalue weighted by molar-refractivity contribution is -0.165. The number of aliphatic imine (C=N–C) groups is 1. The van der Waals surface area contributed by atoms with Crippen molar-refractivity contribution in [3.63, 3.8) is 0 Å². The molecule has 0 aromatic carbocycles. The summed E-state index contributed by atoms with van der Waals surface area (Å²) in [6.07, 6.45) is 2.86. The third-order valence-electron chi connectivity index (χ3n) is 7.58. The number of carbonyl (C=O) groups is 3. The van der Waals surface area contributed by atoms with E-state index in [0.29, 0.717) is 31.0 Å². The molecule has 2 aliphatic heterocycles. The predicted molar refractivity (Wildman–Crippen MR) is 157 cm³/mol. The molecule has 2 atom stereocenters. The summed E-state index contributed by atoms with van der Waals surface area (Å²) in [6, 6.07) is -2.82. The molecule has 20 nitrogen and oxygen atoms in total. The summed E-state index contributed by atoms with van der Waals surface area (Å²) in [6.45, 7) is 2.16. The highest BCUT2D eigenvalue weighted by Crippen LogP contribution is 2.34. The summed E-state index contributed by atoms with van der Waals surface area (Å²) in [5.74, 6) is -2.73. The van der Waals surface area contributed by atoms with Crippen LogP contribution in [0.1, 0.15) is 37.1 Å². The third-order valence-corrected chi connectivity index (χ3v) is 9.20. The van der Waals surface area contributed by atoms with E-state index in [9.17, 15) is 32.5 Å². The Kier molecular flexibility index (Phi) is 9.18. The summed E-state index contributed by atoms with van der Waals surface area (Å²) in [4.78, 5) is 52.9. The maximum atomic E-state index is 13.4. The van der Waals surface area contributed by atoms with Gasteiger partial charge in [0.15, 0.2) is 16.8 Å². The molecule has 0 radical (unpaired) electrons. The highest BCUT2D eigenvalue weighted by Gasteiger charge is 2.55. The molecule has 1 saturated carbocycles. The number of carboxylic acid groups (broad SMARTS) is 1. The van der Waals surface area contributed by atoms with Gasteiger partial charge in [0.25, 0.3) is 11.8 Å². The first-order chi connectivity index (χ1) is 21.4. The van der Waals surface area contributed by atoms with E-state index in [1.165, 1.54) is 11.6 Å². The topological polar surface area (TPSA) is 295 Å². The van der Waals surface area contributed by atoms with Crippen LogP contribution in [0.4, 0.5) is 5.13 Å². The summed E-state index contributed by atoms with van der Waals surface area (Å²) >= 11 is 0.977. The molecule has 0 bridgehead atoms. The smallest absolute Gasteiger partial charge is 0.362 e. The normalized spacial score (nSPS) is 22.1. The van der Waals surface area contributed by atoms with Crippen LogP contribution in [0.25, 0.3) is 0 Å². The molecule has 45 heavy (non-hydrogen) atoms. The van der Waals surface area contributed by atoms with E-state index < -0.39 is 51.5 Å². The van der Waals surface area contributed by atoms with Gasteiger partial charge in [0.2, 0.25) is 5.60 Å². The Morgan fingerprint density at radius 3 is 2.62 bits per heavy atom. The molecule has 4 heterocycles. The van der Waals surface area contributed by atoms with Crippen LogP contribution in [0.15, 0.2) is 21.7 Å². The highest BCUT2D eigenvalue weighted by atomic mass is 32.2. The van der Waals surface area contributed by atoms with Crippen molar-refractivity contribution in [2.24, 2.45) is 21.8 Å². The van der Waals surface area contributed by atoms with Gasteiger partial charge < -0.3 is 37.4 Å². The van der Waals surface area contributed by atoms with Crippen molar-refractivity contribution in [1.29, 1.82) is 0 Å². The maximum absolute atomic E-state index is 13.4. The van der Waals surface area contributed by atoms with E-state index in [4.69, 9.17) is 16.3 Å². The Balaban J connectivity index is 1.30. The second-order valence-electron chi connectivity index (χ2n) is 10.7. The molecule has 244 valence electrons. The van der Waals surface area contributed by atoms with Crippen molar-refractivity contribution >= 4 is 56.2 Å². The average Bonchev–Trinajstić information content (AvgIpc) is 3.71. The quantitative estimate of drug-likeness (QED) is 0.0374. The van der Waals surface area contributed by atoms with E-state index in [1.807, 2.05) is 0 Å². The number of oxime groups is 1. The van der Waals surface area contributed by atoms with Gasteiger partial charge in [0.05, 0.1) is 19.3 Å². The Bertz CT molecular complexity index is 1610. The Morgan fingerprint density at radius 2 is 2.02 bits per heavy atom. The second kappa shape index (κ2) is 12.9. The van der Waals surface area contributed by atoms with E-state index >= 15 is 0 Å². The molecule has 2 aromatic heterocycles. The number of hydrogen-bond donors (Lipinski definition) is 7. The van der Waals surface area contributed by atoms with E-state index in [-0.39, 0.29) is 47.0 Å². The van der Waals surface area contributed by atoms with E-state index in [0.717, 1.165) is 29.2 Å². The fourth-order valence-corrected chi connectivity index (χ4v) is 6.42. The Hall–Kier alpha value is -4.41. The minimum atomic E-state index is -5.02. The molecule has 3 fully saturated rings. The largest absolute Gasteiger partial charge is 0.478 e. The summed E-state index contributed by atoms with van der Waals surface area (Å²) in [5, 5.41) is 31.8. The molecule has 0 unspecified atom stereocenters. The van der Waals surface area contributed by atoms with Crippen molar-refractivity contribution < 1.29 is 37.3 Å². The Labute approximate surface area is 260 Å². The lowest BCUT2D eigenvalue weighted by Gasteiger charge is -2.43. The zero-order valence-electron chi connectivity index (χ0n) is 23.7. The molecule has 0 spiro atoms. The van der Waals surface area contributed by atoms with Gasteiger partial charge in [-0.3, -0.25) is 14.1 Å². The zero-order valence-corrected chi connectivity index (χ0v) is 25.3. The van der Waals surface area contributed by atoms with Gasteiger partial charge in [0, 0.05) is 43.8 Å². The third kappa shape index (κ3) is 7.13. The maximum Gasteiger partial charge on any atom is 0.362 e. The number of aliphatic carboxylic acids is 1. The van der Waals surface area contributed by atoms with Crippen LogP contribution in [0.5, 0.6) is 0 Å². The van der Waals surface area contributed by atoms with Crippen molar-refractivity contribution in [2.75, 3.05) is 25.4 Å². The summed E-state index contributed by atoms with van der Waals surface area (Å²) in [5.41, 5.74) is 9.79. The molecule has 3 aliphatic rings. The van der Waals surface area contributed by atoms with Crippen molar-refractivity contribution in [3.05, 3.63) is 23.0 Å². The lowest BCUT2D eigenvalue weighted by Crippen LogP contribution is -2.73. The van der Waals surface area contributed by atoms with Crippen LogP contribution in [0.3, 0.4) is 0 Å². The van der Waals surface area contributed by atoms with E-state index in [1.54, 1.807) is 0 Å². The molecule has 9 N–H and O–H groups in total. The van der Waals surface area contributed by atoms with Crippen LogP contribution >= 0.6 is 11.3 Å². The molecule has 2 saturated heterocycles. The molecule has 2 amide bonds. The first-order valence-corrected chi connectivity index (χ1v) is 16.1. The second-order valence-corrected chi connectivity index (χ2v) is 12.9. The SMILES string of the molecule is NC(=NCc1cnn(C[C@@H]2[C@H](NC(=O)/C(=N\OC3(C(=O)O)CCCC3)c3csc(N)n3)C(=O)N2S(=O)(=O)O)n1)NCC1CNC1. The van der Waals surface area contributed by atoms with Gasteiger partial charge in [0.1, 0.15) is 23.5 Å². The Morgan fingerprint density at radius 1 is 1.29 bits per heavy atom. The summed E-state index contributed by atoms with van der Waals surface area (Å²) in [7, 11) is -5.02. The number of guanidine groups is 1. The monoisotopic (exact) mass is 668 g/mol. The summed E-state index contributed by atoms with van der Waals surface area (Å²) < 4.78 is 33.9. The minimum Gasteiger partial charge on any atom is -0.478 e. The van der Waals surface area contributed by atoms with Gasteiger partial charge in [-0.15, -0.1) is 11.3 Å². The number of carboxylic acids is 1. The number of hydrogen-bond acceptors (Lipinski definition) is 14. The molecular formula is C23H32N12O8S2. The van der Waals surface area contributed by atoms with Gasteiger partial charge >= 0.3 is 16.3 Å². The van der Waals surface area contributed by atoms with Gasteiger partial charge in [-0.05, 0) is 12.8 Å². The fourth-order valence-electron chi connectivity index (χ4n) is 5.00. The fraction of sp³-hybridized carbons (Fsp3) is 0.565. The van der Waals surface area contributed by atoms with Crippen LogP contribution in [-0.4, -0.2) is 109 Å². The van der Waals surface area contributed by atoms with Crippen LogP contribution in [0.2, 0.25) is 0 Å². The molecule has 5 rings (SSSR count). The number of nitrogens with two attached hydrogens (primary N) is 2. The van der Waals surface area contributed by atoms with Crippen LogP contribution in [-0.2, 0) is 42.6 Å². The van der Waals surface area contributed by atoms with Crippen LogP contribution in [0, 0.1) is 5.92 Å². The number of anilines is 1. The van der Waals surface area contributed by atoms with Crippen molar-refractivity contribution in [1.82, 2.24) is 40.2 Å². The number of β-lactam (4-membered cyclic amide) rings is 1. The van der Waals surface area contributed by atoms with Crippen molar-refractivity contribution in [2.45, 2.75) is 56.5 Å². The lowest BCUT2D eigenvalue weighted by atomic mass is 9.98. The predicted octanol–water partition coefficient (Wildman–Crippen LogP) is -2.74. The molecule has 22 heteroatoms. The average molecular weight is 669 g/mol. The van der Waals surface area contributed by atoms with Gasteiger partial charge in [-0.2, -0.15) is 23.4 Å². The van der Waals surface area contributed by atoms with Gasteiger partial charge in [-0.25, -0.2) is 19.1 Å². The minimum absolute atomic E-state index is 0.0550. The molecule has 2 aromatic rings. The number of carbonyl (C=O) groups excluding carboxylic acids is 2. The standard InChI is InChI=1S/C23H32N12O8S2/c24-21(27-7-12-5-26-6-12)28-8-13-9-29-34(32-13)10-15-17(19(37)35(15)45(40,41)42)31-18(36)16(14-11-44-22(25)30-14)33-43-23(20(38)39)3-1-2-4-23/h9,11-12,15,17,26H,1-8,10H2,(H2,25,30)(H,31,36)(H,38,39)(H3,24,27,28)(H,40,41,42)/b33-16-/t15-,17+/m1/s1. The zero-order chi connectivity index (χ0) is 32.4. The highest BCUT2D eigenvalue weighted by molar-refractivity contribution is 7.84. The number of nitrogen functional groups attached to an aromatic ring is 1. The number of aromatic nitrogens is 4.